The van der Waals surface area contributed by atoms with Gasteiger partial charge in [0.1, 0.15) is 23.7 Å². The predicted octanol–water partition coefficient (Wildman–Crippen LogP) is 2.70. The van der Waals surface area contributed by atoms with Gasteiger partial charge in [0.25, 0.3) is 5.92 Å². The Morgan fingerprint density at radius 2 is 1.74 bits per heavy atom. The van der Waals surface area contributed by atoms with E-state index in [0.717, 1.165) is 24.2 Å². The molecule has 2 aliphatic heterocycles. The van der Waals surface area contributed by atoms with Crippen molar-refractivity contribution in [2.45, 2.75) is 115 Å². The van der Waals surface area contributed by atoms with Crippen LogP contribution in [-0.2, 0) is 19.1 Å². The normalized spacial score (nSPS) is 27.7. The third-order valence-corrected chi connectivity index (χ3v) is 8.02. The average Bonchev–Trinajstić information content (AvgIpc) is 3.14. The van der Waals surface area contributed by atoms with Crippen LogP contribution < -0.4 is 5.32 Å². The van der Waals surface area contributed by atoms with Gasteiger partial charge >= 0.3 is 12.1 Å². The maximum atomic E-state index is 14.2. The second-order valence-electron chi connectivity index (χ2n) is 12.0. The fourth-order valence-electron chi connectivity index (χ4n) is 5.87. The number of carboxylic acid groups (broad SMARTS) is 1. The molecule has 12 heteroatoms. The summed E-state index contributed by atoms with van der Waals surface area (Å²) < 4.78 is 33.8. The molecule has 10 nitrogen and oxygen atoms in total. The number of ether oxygens (including phenoxy) is 1. The van der Waals surface area contributed by atoms with Gasteiger partial charge < -0.3 is 20.1 Å². The Kier molecular flexibility index (Phi) is 8.95. The highest BCUT2D eigenvalue weighted by Gasteiger charge is 2.55. The Morgan fingerprint density at radius 3 is 2.29 bits per heavy atom. The number of likely N-dealkylation sites (N-methyl/N-ethyl adjacent to an activating group) is 1. The summed E-state index contributed by atoms with van der Waals surface area (Å²) in [5.74, 6) is -5.62. The maximum Gasteiger partial charge on any atom is 0.410 e. The molecule has 0 aromatic carbocycles. The molecule has 2 saturated heterocycles. The highest BCUT2D eigenvalue weighted by atomic mass is 19.3. The van der Waals surface area contributed by atoms with Gasteiger partial charge in [-0.3, -0.25) is 19.4 Å². The van der Waals surface area contributed by atoms with E-state index in [4.69, 9.17) is 4.74 Å². The summed E-state index contributed by atoms with van der Waals surface area (Å²) in [5, 5.41) is 12.8. The summed E-state index contributed by atoms with van der Waals surface area (Å²) in [6.45, 7) is 7.51. The van der Waals surface area contributed by atoms with Crippen molar-refractivity contribution in [1.29, 1.82) is 0 Å². The van der Waals surface area contributed by atoms with Crippen LogP contribution in [0.5, 0.6) is 0 Å². The number of hydrogen-bond acceptors (Lipinski definition) is 6. The molecular formula is C26H42F2N4O6. The number of rotatable bonds is 6. The van der Waals surface area contributed by atoms with Crippen LogP contribution in [0, 0.1) is 5.92 Å². The molecule has 3 amide bonds. The highest BCUT2D eigenvalue weighted by molar-refractivity contribution is 5.93. The minimum Gasteiger partial charge on any atom is -0.480 e. The Morgan fingerprint density at radius 1 is 1.13 bits per heavy atom. The molecule has 3 fully saturated rings. The van der Waals surface area contributed by atoms with Crippen molar-refractivity contribution in [3.05, 3.63) is 0 Å². The molecule has 1 saturated carbocycles. The zero-order chi connectivity index (χ0) is 28.6. The number of carboxylic acids is 1. The predicted molar refractivity (Wildman–Crippen MR) is 135 cm³/mol. The number of carbonyl (C=O) groups excluding carboxylic acids is 3. The van der Waals surface area contributed by atoms with Crippen LogP contribution in [0.25, 0.3) is 0 Å². The fourth-order valence-corrected chi connectivity index (χ4v) is 5.87. The van der Waals surface area contributed by atoms with Crippen LogP contribution in [0.4, 0.5) is 13.6 Å². The summed E-state index contributed by atoms with van der Waals surface area (Å²) in [7, 11) is 1.43. The minimum absolute atomic E-state index is 0.200. The summed E-state index contributed by atoms with van der Waals surface area (Å²) in [6.07, 6.45) is 2.89. The molecule has 0 radical (unpaired) electrons. The van der Waals surface area contributed by atoms with Crippen LogP contribution in [0.2, 0.25) is 0 Å². The lowest BCUT2D eigenvalue weighted by molar-refractivity contribution is -0.161. The molecule has 0 spiro atoms. The first-order valence-electron chi connectivity index (χ1n) is 13.5. The maximum absolute atomic E-state index is 14.2. The molecule has 5 atom stereocenters. The minimum atomic E-state index is -2.96. The Bertz CT molecular complexity index is 920. The molecule has 2 heterocycles. The molecule has 3 rings (SSSR count). The zero-order valence-corrected chi connectivity index (χ0v) is 23.2. The number of alkyl halides is 2. The molecule has 1 aliphatic carbocycles. The third kappa shape index (κ3) is 6.73. The van der Waals surface area contributed by atoms with Crippen LogP contribution >= 0.6 is 0 Å². The number of amides is 3. The van der Waals surface area contributed by atoms with E-state index in [1.165, 1.54) is 23.8 Å². The Hall–Kier alpha value is -2.50. The molecule has 1 unspecified atom stereocenters. The number of carbonyl (C=O) groups is 4. The lowest BCUT2D eigenvalue weighted by atomic mass is 9.82. The SMILES string of the molecule is CC1[C@H]2CC(F)(F)CN2C[C@@H](C(=O)O)N1C(=O)[C@@H](NC(=O)[C@H](C)N(C)C(=O)OC(C)(C)C)C1CCCCC1. The molecule has 0 bridgehead atoms. The third-order valence-electron chi connectivity index (χ3n) is 8.02. The first-order valence-corrected chi connectivity index (χ1v) is 13.5. The van der Waals surface area contributed by atoms with E-state index in [-0.39, 0.29) is 12.5 Å². The van der Waals surface area contributed by atoms with Crippen molar-refractivity contribution in [2.24, 2.45) is 5.92 Å². The van der Waals surface area contributed by atoms with Gasteiger partial charge in [-0.15, -0.1) is 0 Å². The van der Waals surface area contributed by atoms with E-state index in [0.29, 0.717) is 12.8 Å². The summed E-state index contributed by atoms with van der Waals surface area (Å²) in [5.41, 5.74) is -0.761. The molecule has 3 aliphatic rings. The van der Waals surface area contributed by atoms with Crippen LogP contribution in [0.15, 0.2) is 0 Å². The lowest BCUT2D eigenvalue weighted by Crippen LogP contribution is -2.68. The number of halogens is 2. The van der Waals surface area contributed by atoms with E-state index >= 15 is 0 Å². The molecule has 2 N–H and O–H groups in total. The Balaban J connectivity index is 1.85. The van der Waals surface area contributed by atoms with Gasteiger partial charge in [-0.1, -0.05) is 19.3 Å². The number of piperazine rings is 1. The van der Waals surface area contributed by atoms with E-state index in [1.54, 1.807) is 27.7 Å². The zero-order valence-electron chi connectivity index (χ0n) is 23.2. The van der Waals surface area contributed by atoms with Gasteiger partial charge in [0.15, 0.2) is 0 Å². The summed E-state index contributed by atoms with van der Waals surface area (Å²) >= 11 is 0. The molecule has 38 heavy (non-hydrogen) atoms. The average molecular weight is 545 g/mol. The first-order chi connectivity index (χ1) is 17.5. The molecule has 0 aromatic heterocycles. The summed E-state index contributed by atoms with van der Waals surface area (Å²) in [4.78, 5) is 55.9. The standard InChI is InChI=1S/C26H42F2N4O6/c1-15-18-12-26(27,28)14-31(18)13-19(23(35)36)32(15)22(34)20(17-10-8-7-9-11-17)29-21(33)16(2)30(6)24(37)38-25(3,4)5/h15-20H,7-14H2,1-6H3,(H,29,33)(H,35,36)/t15?,16-,18+,19-,20-/m0/s1. The molecular weight excluding hydrogens is 502 g/mol. The highest BCUT2D eigenvalue weighted by Crippen LogP contribution is 2.39. The van der Waals surface area contributed by atoms with E-state index in [1.807, 2.05) is 0 Å². The number of nitrogens with zero attached hydrogens (tertiary/aromatic N) is 3. The van der Waals surface area contributed by atoms with E-state index in [2.05, 4.69) is 5.32 Å². The van der Waals surface area contributed by atoms with Gasteiger partial charge in [0.05, 0.1) is 6.54 Å². The Labute approximate surface area is 223 Å². The topological polar surface area (TPSA) is 119 Å². The summed E-state index contributed by atoms with van der Waals surface area (Å²) in [6, 6.07) is -4.77. The quantitative estimate of drug-likeness (QED) is 0.528. The second-order valence-corrected chi connectivity index (χ2v) is 12.0. The van der Waals surface area contributed by atoms with Gasteiger partial charge in [0.2, 0.25) is 11.8 Å². The van der Waals surface area contributed by atoms with Gasteiger partial charge in [0, 0.05) is 32.1 Å². The van der Waals surface area contributed by atoms with Crippen molar-refractivity contribution in [1.82, 2.24) is 20.0 Å². The van der Waals surface area contributed by atoms with Crippen molar-refractivity contribution in [2.75, 3.05) is 20.1 Å². The van der Waals surface area contributed by atoms with Crippen LogP contribution in [-0.4, -0.2) is 106 Å². The number of hydrogen-bond donors (Lipinski definition) is 2. The van der Waals surface area contributed by atoms with Crippen molar-refractivity contribution < 1.29 is 37.8 Å². The van der Waals surface area contributed by atoms with Crippen molar-refractivity contribution in [3.8, 4) is 0 Å². The van der Waals surface area contributed by atoms with E-state index in [9.17, 15) is 33.1 Å². The number of nitrogens with one attached hydrogen (secondary N) is 1. The van der Waals surface area contributed by atoms with Crippen molar-refractivity contribution >= 4 is 23.9 Å². The van der Waals surface area contributed by atoms with Crippen LogP contribution in [0.3, 0.4) is 0 Å². The molecule has 216 valence electrons. The number of aliphatic carboxylic acids is 1. The van der Waals surface area contributed by atoms with Gasteiger partial charge in [-0.05, 0) is 53.4 Å². The fraction of sp³-hybridized carbons (Fsp3) is 0.846. The number of fused-ring (bicyclic) bond motifs is 1. The van der Waals surface area contributed by atoms with Gasteiger partial charge in [-0.2, -0.15) is 0 Å². The largest absolute Gasteiger partial charge is 0.480 e. The first kappa shape index (κ1) is 30.0. The van der Waals surface area contributed by atoms with Crippen LogP contribution in [0.1, 0.15) is 73.1 Å². The lowest BCUT2D eigenvalue weighted by Gasteiger charge is -2.48. The van der Waals surface area contributed by atoms with Crippen molar-refractivity contribution in [3.63, 3.8) is 0 Å². The monoisotopic (exact) mass is 544 g/mol. The second kappa shape index (κ2) is 11.3. The van der Waals surface area contributed by atoms with E-state index < -0.39 is 78.6 Å². The van der Waals surface area contributed by atoms with Gasteiger partial charge in [-0.25, -0.2) is 18.4 Å². The smallest absolute Gasteiger partial charge is 0.410 e. The molecule has 0 aromatic rings.